The second kappa shape index (κ2) is 9.11. The summed E-state index contributed by atoms with van der Waals surface area (Å²) < 4.78 is 13.8. The minimum absolute atomic E-state index is 0.0387. The van der Waals surface area contributed by atoms with Crippen LogP contribution in [0.4, 0.5) is 4.39 Å². The summed E-state index contributed by atoms with van der Waals surface area (Å²) in [6, 6.07) is 9.07. The molecule has 1 aromatic carbocycles. The summed E-state index contributed by atoms with van der Waals surface area (Å²) in [5.41, 5.74) is -0.139. The number of rotatable bonds is 6. The van der Waals surface area contributed by atoms with Crippen molar-refractivity contribution in [2.75, 3.05) is 32.7 Å². The van der Waals surface area contributed by atoms with Crippen LogP contribution in [0.25, 0.3) is 0 Å². The van der Waals surface area contributed by atoms with E-state index in [1.807, 2.05) is 26.0 Å². The van der Waals surface area contributed by atoms with Crippen molar-refractivity contribution in [1.29, 1.82) is 5.26 Å². The molecule has 1 aliphatic rings. The summed E-state index contributed by atoms with van der Waals surface area (Å²) >= 11 is 0. The fourth-order valence-corrected chi connectivity index (χ4v) is 3.04. The largest absolute Gasteiger partial charge is 0.337 e. The van der Waals surface area contributed by atoms with Gasteiger partial charge in [-0.1, -0.05) is 32.0 Å². The van der Waals surface area contributed by atoms with Gasteiger partial charge in [0.25, 0.3) is 0 Å². The molecular weight excluding hydrogens is 331 g/mol. The van der Waals surface area contributed by atoms with Gasteiger partial charge in [-0.15, -0.1) is 0 Å². The SMILES string of the molecule is CC(C)[C@](C)(C#N)NC(=O)CN1CCCN(Cc2ccccc2F)CC1. The van der Waals surface area contributed by atoms with E-state index in [9.17, 15) is 14.4 Å². The molecule has 142 valence electrons. The topological polar surface area (TPSA) is 59.4 Å². The molecule has 0 spiro atoms. The molecule has 1 atom stereocenters. The molecule has 0 radical (unpaired) electrons. The summed E-state index contributed by atoms with van der Waals surface area (Å²) in [5.74, 6) is -0.250. The van der Waals surface area contributed by atoms with Crippen molar-refractivity contribution >= 4 is 5.91 Å². The van der Waals surface area contributed by atoms with Gasteiger partial charge in [-0.05, 0) is 38.4 Å². The lowest BCUT2D eigenvalue weighted by Gasteiger charge is -2.29. The highest BCUT2D eigenvalue weighted by atomic mass is 19.1. The second-order valence-electron chi connectivity index (χ2n) is 7.51. The molecule has 1 aromatic rings. The number of nitriles is 1. The molecule has 1 amide bonds. The van der Waals surface area contributed by atoms with E-state index in [0.717, 1.165) is 32.6 Å². The Morgan fingerprint density at radius 3 is 2.58 bits per heavy atom. The van der Waals surface area contributed by atoms with Gasteiger partial charge in [-0.2, -0.15) is 5.26 Å². The first-order chi connectivity index (χ1) is 12.3. The Morgan fingerprint density at radius 1 is 1.27 bits per heavy atom. The number of hydrogen-bond acceptors (Lipinski definition) is 4. The Balaban J connectivity index is 1.86. The number of halogens is 1. The quantitative estimate of drug-likeness (QED) is 0.846. The highest BCUT2D eigenvalue weighted by molar-refractivity contribution is 5.79. The standard InChI is InChI=1S/C20H29FN4O/c1-16(2)20(3,15-22)23-19(26)14-25-10-6-9-24(11-12-25)13-17-7-4-5-8-18(17)21/h4-5,7-8,16H,6,9-14H2,1-3H3,(H,23,26)/t20-/m0/s1. The molecule has 6 heteroatoms. The lowest BCUT2D eigenvalue weighted by molar-refractivity contribution is -0.123. The lowest BCUT2D eigenvalue weighted by atomic mass is 9.90. The van der Waals surface area contributed by atoms with E-state index in [-0.39, 0.29) is 24.2 Å². The van der Waals surface area contributed by atoms with Crippen LogP contribution in [0.15, 0.2) is 24.3 Å². The van der Waals surface area contributed by atoms with Crippen LogP contribution in [-0.2, 0) is 11.3 Å². The molecule has 1 fully saturated rings. The Bertz CT molecular complexity index is 657. The smallest absolute Gasteiger partial charge is 0.235 e. The molecule has 1 heterocycles. The molecule has 5 nitrogen and oxygen atoms in total. The van der Waals surface area contributed by atoms with Crippen molar-refractivity contribution in [3.63, 3.8) is 0 Å². The van der Waals surface area contributed by atoms with Crippen molar-refractivity contribution in [2.24, 2.45) is 5.92 Å². The highest BCUT2D eigenvalue weighted by Crippen LogP contribution is 2.15. The van der Waals surface area contributed by atoms with Crippen molar-refractivity contribution < 1.29 is 9.18 Å². The van der Waals surface area contributed by atoms with E-state index in [4.69, 9.17) is 0 Å². The Labute approximate surface area is 155 Å². The first kappa shape index (κ1) is 20.3. The Kier molecular flexibility index (Phi) is 7.13. The molecule has 0 saturated carbocycles. The summed E-state index contributed by atoms with van der Waals surface area (Å²) in [6.07, 6.45) is 0.932. The average molecular weight is 360 g/mol. The van der Waals surface area contributed by atoms with Gasteiger partial charge in [0.05, 0.1) is 12.6 Å². The predicted octanol–water partition coefficient (Wildman–Crippen LogP) is 2.39. The summed E-state index contributed by atoms with van der Waals surface area (Å²) in [7, 11) is 0. The minimum atomic E-state index is -0.847. The fourth-order valence-electron chi connectivity index (χ4n) is 3.04. The van der Waals surface area contributed by atoms with Crippen LogP contribution in [0, 0.1) is 23.1 Å². The van der Waals surface area contributed by atoms with E-state index in [1.165, 1.54) is 6.07 Å². The van der Waals surface area contributed by atoms with Gasteiger partial charge in [0, 0.05) is 25.2 Å². The molecule has 1 N–H and O–H groups in total. The van der Waals surface area contributed by atoms with Crippen LogP contribution in [-0.4, -0.2) is 54.0 Å². The van der Waals surface area contributed by atoms with Crippen LogP contribution in [0.5, 0.6) is 0 Å². The third-order valence-electron chi connectivity index (χ3n) is 5.19. The van der Waals surface area contributed by atoms with Gasteiger partial charge in [0.15, 0.2) is 0 Å². The Morgan fingerprint density at radius 2 is 1.92 bits per heavy atom. The number of benzene rings is 1. The second-order valence-corrected chi connectivity index (χ2v) is 7.51. The van der Waals surface area contributed by atoms with E-state index >= 15 is 0 Å². The van der Waals surface area contributed by atoms with Crippen LogP contribution in [0.2, 0.25) is 0 Å². The molecule has 2 rings (SSSR count). The number of carbonyl (C=O) groups is 1. The zero-order chi connectivity index (χ0) is 19.2. The summed E-state index contributed by atoms with van der Waals surface area (Å²) in [6.45, 7) is 9.75. The average Bonchev–Trinajstić information content (AvgIpc) is 2.82. The number of amides is 1. The van der Waals surface area contributed by atoms with Crippen molar-refractivity contribution in [2.45, 2.75) is 39.3 Å². The van der Waals surface area contributed by atoms with Gasteiger partial charge >= 0.3 is 0 Å². The maximum absolute atomic E-state index is 13.8. The number of carbonyl (C=O) groups excluding carboxylic acids is 1. The molecule has 0 aromatic heterocycles. The maximum atomic E-state index is 13.8. The Hall–Kier alpha value is -1.97. The summed E-state index contributed by atoms with van der Waals surface area (Å²) in [4.78, 5) is 16.7. The fraction of sp³-hybridized carbons (Fsp3) is 0.600. The van der Waals surface area contributed by atoms with E-state index in [1.54, 1.807) is 13.0 Å². The first-order valence-corrected chi connectivity index (χ1v) is 9.24. The van der Waals surface area contributed by atoms with Crippen molar-refractivity contribution in [1.82, 2.24) is 15.1 Å². The molecule has 26 heavy (non-hydrogen) atoms. The number of nitrogens with one attached hydrogen (secondary N) is 1. The van der Waals surface area contributed by atoms with Gasteiger partial charge < -0.3 is 5.32 Å². The highest BCUT2D eigenvalue weighted by Gasteiger charge is 2.30. The number of nitrogens with zero attached hydrogens (tertiary/aromatic N) is 3. The molecular formula is C20H29FN4O. The van der Waals surface area contributed by atoms with Crippen LogP contribution < -0.4 is 5.32 Å². The van der Waals surface area contributed by atoms with E-state index in [2.05, 4.69) is 21.2 Å². The van der Waals surface area contributed by atoms with Crippen molar-refractivity contribution in [3.8, 4) is 6.07 Å². The van der Waals surface area contributed by atoms with E-state index in [0.29, 0.717) is 12.1 Å². The van der Waals surface area contributed by atoms with E-state index < -0.39 is 5.54 Å². The van der Waals surface area contributed by atoms with Gasteiger partial charge in [0.1, 0.15) is 11.4 Å². The van der Waals surface area contributed by atoms with Crippen LogP contribution in [0.3, 0.4) is 0 Å². The summed E-state index contributed by atoms with van der Waals surface area (Å²) in [5, 5.41) is 12.2. The molecule has 1 saturated heterocycles. The monoisotopic (exact) mass is 360 g/mol. The zero-order valence-electron chi connectivity index (χ0n) is 16.0. The first-order valence-electron chi connectivity index (χ1n) is 9.24. The molecule has 0 unspecified atom stereocenters. The van der Waals surface area contributed by atoms with Crippen LogP contribution >= 0.6 is 0 Å². The lowest BCUT2D eigenvalue weighted by Crippen LogP contribution is -2.52. The molecule has 1 aliphatic heterocycles. The molecule has 0 bridgehead atoms. The third kappa shape index (κ3) is 5.52. The zero-order valence-corrected chi connectivity index (χ0v) is 16.0. The van der Waals surface area contributed by atoms with Gasteiger partial charge in [-0.25, -0.2) is 4.39 Å². The predicted molar refractivity (Wildman–Crippen MR) is 99.7 cm³/mol. The third-order valence-corrected chi connectivity index (χ3v) is 5.19. The maximum Gasteiger partial charge on any atom is 0.235 e. The number of hydrogen-bond donors (Lipinski definition) is 1. The van der Waals surface area contributed by atoms with Gasteiger partial charge in [0.2, 0.25) is 5.91 Å². The normalized spacial score (nSPS) is 18.8. The molecule has 0 aliphatic carbocycles. The van der Waals surface area contributed by atoms with Crippen LogP contribution in [0.1, 0.15) is 32.8 Å². The van der Waals surface area contributed by atoms with Gasteiger partial charge in [-0.3, -0.25) is 14.6 Å². The van der Waals surface area contributed by atoms with Crippen molar-refractivity contribution in [3.05, 3.63) is 35.6 Å². The minimum Gasteiger partial charge on any atom is -0.337 e.